The van der Waals surface area contributed by atoms with Gasteiger partial charge >= 0.3 is 0 Å². The summed E-state index contributed by atoms with van der Waals surface area (Å²) in [6.45, 7) is 3.90. The van der Waals surface area contributed by atoms with Crippen LogP contribution in [0.15, 0.2) is 22.7 Å². The molecule has 4 bridgehead atoms. The smallest absolute Gasteiger partial charge is 0.133 e. The molecule has 3 heteroatoms. The summed E-state index contributed by atoms with van der Waals surface area (Å²) in [5.41, 5.74) is 1.80. The van der Waals surface area contributed by atoms with Crippen LogP contribution in [0, 0.1) is 17.8 Å². The molecule has 1 aromatic rings. The van der Waals surface area contributed by atoms with Crippen LogP contribution in [0.5, 0.6) is 5.75 Å². The SMILES string of the molecule is CCCOc1ccc(CNC23CC4CC(CC(C4)C2)C3)cc1Br. The van der Waals surface area contributed by atoms with E-state index in [0.717, 1.165) is 47.5 Å². The van der Waals surface area contributed by atoms with Crippen molar-refractivity contribution >= 4 is 15.9 Å². The molecule has 0 unspecified atom stereocenters. The molecule has 1 N–H and O–H groups in total. The number of nitrogens with one attached hydrogen (secondary N) is 1. The number of rotatable bonds is 6. The zero-order valence-corrected chi connectivity index (χ0v) is 15.7. The van der Waals surface area contributed by atoms with Crippen LogP contribution in [0.3, 0.4) is 0 Å². The summed E-state index contributed by atoms with van der Waals surface area (Å²) >= 11 is 3.66. The van der Waals surface area contributed by atoms with Crippen LogP contribution in [0.4, 0.5) is 0 Å². The van der Waals surface area contributed by atoms with Gasteiger partial charge in [-0.2, -0.15) is 0 Å². The van der Waals surface area contributed by atoms with Gasteiger partial charge in [0.05, 0.1) is 11.1 Å². The van der Waals surface area contributed by atoms with Gasteiger partial charge in [-0.15, -0.1) is 0 Å². The minimum Gasteiger partial charge on any atom is -0.492 e. The fraction of sp³-hybridized carbons (Fsp3) is 0.700. The van der Waals surface area contributed by atoms with E-state index in [4.69, 9.17) is 4.74 Å². The van der Waals surface area contributed by atoms with Gasteiger partial charge in [0, 0.05) is 12.1 Å². The Morgan fingerprint density at radius 3 is 2.35 bits per heavy atom. The maximum atomic E-state index is 5.75. The highest BCUT2D eigenvalue weighted by atomic mass is 79.9. The highest BCUT2D eigenvalue weighted by Crippen LogP contribution is 2.55. The summed E-state index contributed by atoms with van der Waals surface area (Å²) in [6, 6.07) is 6.54. The highest BCUT2D eigenvalue weighted by molar-refractivity contribution is 9.10. The maximum Gasteiger partial charge on any atom is 0.133 e. The molecule has 4 saturated carbocycles. The minimum atomic E-state index is 0.443. The lowest BCUT2D eigenvalue weighted by Crippen LogP contribution is -2.58. The van der Waals surface area contributed by atoms with Crippen molar-refractivity contribution in [3.63, 3.8) is 0 Å². The van der Waals surface area contributed by atoms with Gasteiger partial charge in [0.1, 0.15) is 5.75 Å². The van der Waals surface area contributed by atoms with Crippen LogP contribution in [0.1, 0.15) is 57.4 Å². The molecule has 4 aliphatic rings. The van der Waals surface area contributed by atoms with Crippen molar-refractivity contribution in [1.29, 1.82) is 0 Å². The van der Waals surface area contributed by atoms with Gasteiger partial charge in [-0.3, -0.25) is 0 Å². The fourth-order valence-electron chi connectivity index (χ4n) is 5.60. The molecule has 2 nitrogen and oxygen atoms in total. The second-order valence-corrected chi connectivity index (χ2v) is 9.02. The van der Waals surface area contributed by atoms with E-state index in [1.165, 1.54) is 44.1 Å². The van der Waals surface area contributed by atoms with Gasteiger partial charge in [0.2, 0.25) is 0 Å². The number of hydrogen-bond acceptors (Lipinski definition) is 2. The molecule has 0 amide bonds. The highest BCUT2D eigenvalue weighted by Gasteiger charge is 2.50. The molecule has 1 aromatic carbocycles. The zero-order chi connectivity index (χ0) is 15.9. The summed E-state index contributed by atoms with van der Waals surface area (Å²) in [7, 11) is 0. The Kier molecular flexibility index (Phi) is 4.44. The Hall–Kier alpha value is -0.540. The molecule has 0 radical (unpaired) electrons. The Balaban J connectivity index is 1.40. The predicted molar refractivity (Wildman–Crippen MR) is 97.7 cm³/mol. The van der Waals surface area contributed by atoms with E-state index in [1.807, 2.05) is 0 Å². The molecule has 4 aliphatic carbocycles. The molecular formula is C20H28BrNO. The average Bonchev–Trinajstić information content (AvgIpc) is 2.51. The number of ether oxygens (including phenoxy) is 1. The molecule has 0 atom stereocenters. The van der Waals surface area contributed by atoms with E-state index >= 15 is 0 Å². The molecule has 4 fully saturated rings. The second-order valence-electron chi connectivity index (χ2n) is 8.16. The largest absolute Gasteiger partial charge is 0.492 e. The predicted octanol–water partition coefficient (Wildman–Crippen LogP) is 5.30. The average molecular weight is 378 g/mol. The van der Waals surface area contributed by atoms with Crippen molar-refractivity contribution in [2.75, 3.05) is 6.61 Å². The quantitative estimate of drug-likeness (QED) is 0.726. The van der Waals surface area contributed by atoms with E-state index in [2.05, 4.69) is 46.4 Å². The van der Waals surface area contributed by atoms with Gasteiger partial charge in [-0.25, -0.2) is 0 Å². The lowest BCUT2D eigenvalue weighted by molar-refractivity contribution is -0.0206. The van der Waals surface area contributed by atoms with Crippen LogP contribution in [-0.2, 0) is 6.54 Å². The van der Waals surface area contributed by atoms with Crippen molar-refractivity contribution in [2.45, 2.75) is 64.0 Å². The number of benzene rings is 1. The fourth-order valence-corrected chi connectivity index (χ4v) is 6.14. The molecule has 0 aromatic heterocycles. The third kappa shape index (κ3) is 3.32. The van der Waals surface area contributed by atoms with Crippen LogP contribution in [0.25, 0.3) is 0 Å². The third-order valence-electron chi connectivity index (χ3n) is 6.16. The molecule has 0 aliphatic heterocycles. The third-order valence-corrected chi connectivity index (χ3v) is 6.78. The monoisotopic (exact) mass is 377 g/mol. The molecule has 23 heavy (non-hydrogen) atoms. The van der Waals surface area contributed by atoms with Crippen molar-refractivity contribution < 1.29 is 4.74 Å². The minimum absolute atomic E-state index is 0.443. The summed E-state index contributed by atoms with van der Waals surface area (Å²) < 4.78 is 6.83. The van der Waals surface area contributed by atoms with Gasteiger partial charge in [0.15, 0.2) is 0 Å². The topological polar surface area (TPSA) is 21.3 Å². The van der Waals surface area contributed by atoms with E-state index < -0.39 is 0 Å². The van der Waals surface area contributed by atoms with Gasteiger partial charge < -0.3 is 10.1 Å². The van der Waals surface area contributed by atoms with E-state index in [-0.39, 0.29) is 0 Å². The number of halogens is 1. The van der Waals surface area contributed by atoms with Crippen LogP contribution in [-0.4, -0.2) is 12.1 Å². The van der Waals surface area contributed by atoms with E-state index in [1.54, 1.807) is 0 Å². The Morgan fingerprint density at radius 2 is 1.78 bits per heavy atom. The van der Waals surface area contributed by atoms with Crippen molar-refractivity contribution in [3.8, 4) is 5.75 Å². The molecule has 0 spiro atoms. The summed E-state index contributed by atoms with van der Waals surface area (Å²) in [5, 5.41) is 3.97. The summed E-state index contributed by atoms with van der Waals surface area (Å²) in [6.07, 6.45) is 9.82. The maximum absolute atomic E-state index is 5.75. The normalized spacial score (nSPS) is 34.8. The van der Waals surface area contributed by atoms with Crippen LogP contribution in [0.2, 0.25) is 0 Å². The Bertz CT molecular complexity index is 535. The summed E-state index contributed by atoms with van der Waals surface area (Å²) in [5.74, 6) is 3.98. The standard InChI is InChI=1S/C20H28BrNO/c1-2-5-23-19-4-3-14(9-18(19)21)13-22-20-10-15-6-16(11-20)8-17(7-15)12-20/h3-4,9,15-17,22H,2,5-8,10-13H2,1H3. The van der Waals surface area contributed by atoms with Crippen molar-refractivity contribution in [3.05, 3.63) is 28.2 Å². The van der Waals surface area contributed by atoms with E-state index in [0.29, 0.717) is 5.54 Å². The Morgan fingerprint density at radius 1 is 1.13 bits per heavy atom. The molecule has 0 heterocycles. The van der Waals surface area contributed by atoms with E-state index in [9.17, 15) is 0 Å². The first-order valence-corrected chi connectivity index (χ1v) is 10.1. The first kappa shape index (κ1) is 16.0. The van der Waals surface area contributed by atoms with Gasteiger partial charge in [-0.1, -0.05) is 13.0 Å². The first-order chi connectivity index (χ1) is 11.2. The van der Waals surface area contributed by atoms with Gasteiger partial charge in [-0.05, 0) is 96.3 Å². The Labute approximate surface area is 148 Å². The lowest BCUT2D eigenvalue weighted by atomic mass is 9.53. The zero-order valence-electron chi connectivity index (χ0n) is 14.1. The second kappa shape index (κ2) is 6.40. The van der Waals surface area contributed by atoms with Crippen molar-refractivity contribution in [2.24, 2.45) is 17.8 Å². The van der Waals surface area contributed by atoms with Crippen molar-refractivity contribution in [1.82, 2.24) is 5.32 Å². The molecule has 0 saturated heterocycles. The molecular weight excluding hydrogens is 350 g/mol. The molecule has 5 rings (SSSR count). The molecule has 126 valence electrons. The van der Waals surface area contributed by atoms with Gasteiger partial charge in [0.25, 0.3) is 0 Å². The van der Waals surface area contributed by atoms with Crippen LogP contribution >= 0.6 is 15.9 Å². The first-order valence-electron chi connectivity index (χ1n) is 9.32. The number of hydrogen-bond donors (Lipinski definition) is 1. The van der Waals surface area contributed by atoms with Crippen LogP contribution < -0.4 is 10.1 Å². The lowest BCUT2D eigenvalue weighted by Gasteiger charge is -2.57. The summed E-state index contributed by atoms with van der Waals surface area (Å²) in [4.78, 5) is 0.